The number of aliphatic hydroxyl groups is 2. The number of aliphatic hydroxyl groups excluding tert-OH is 2. The van der Waals surface area contributed by atoms with Crippen LogP contribution in [-0.4, -0.2) is 29.0 Å². The Morgan fingerprint density at radius 1 is 0.952 bits per heavy atom. The lowest BCUT2D eigenvalue weighted by molar-refractivity contribution is 0.103. The van der Waals surface area contributed by atoms with Gasteiger partial charge in [0.15, 0.2) is 0 Å². The van der Waals surface area contributed by atoms with Gasteiger partial charge in [0.1, 0.15) is 11.5 Å². The van der Waals surface area contributed by atoms with Gasteiger partial charge in [-0.3, -0.25) is 0 Å². The van der Waals surface area contributed by atoms with Gasteiger partial charge in [-0.05, 0) is 36.8 Å². The number of benzene rings is 2. The molecule has 2 aromatic carbocycles. The maximum absolute atomic E-state index is 9.27. The zero-order valence-electron chi connectivity index (χ0n) is 12.1. The van der Waals surface area contributed by atoms with Crippen LogP contribution in [0.4, 0.5) is 0 Å². The number of hydrogen-bond acceptors (Lipinski definition) is 4. The zero-order valence-corrected chi connectivity index (χ0v) is 12.1. The summed E-state index contributed by atoms with van der Waals surface area (Å²) >= 11 is 0. The van der Waals surface area contributed by atoms with E-state index >= 15 is 0 Å². The van der Waals surface area contributed by atoms with Crippen molar-refractivity contribution < 1.29 is 14.9 Å². The Hall–Kier alpha value is -1.88. The van der Waals surface area contributed by atoms with Crippen LogP contribution in [0, 0.1) is 0 Å². The van der Waals surface area contributed by atoms with Crippen LogP contribution >= 0.6 is 0 Å². The second-order valence-electron chi connectivity index (χ2n) is 5.29. The van der Waals surface area contributed by atoms with Crippen LogP contribution in [0.1, 0.15) is 12.5 Å². The van der Waals surface area contributed by atoms with Gasteiger partial charge in [-0.2, -0.15) is 0 Å². The molecule has 0 radical (unpaired) electrons. The fourth-order valence-electron chi connectivity index (χ4n) is 1.82. The molecule has 0 saturated heterocycles. The Morgan fingerprint density at radius 3 is 2.29 bits per heavy atom. The summed E-state index contributed by atoms with van der Waals surface area (Å²) in [5.74, 6) is 1.55. The lowest BCUT2D eigenvalue weighted by atomic mass is 10.0. The highest BCUT2D eigenvalue weighted by Crippen LogP contribution is 2.22. The average Bonchev–Trinajstić information content (AvgIpc) is 2.54. The van der Waals surface area contributed by atoms with E-state index in [0.717, 1.165) is 17.1 Å². The third-order valence-corrected chi connectivity index (χ3v) is 3.29. The Bertz CT molecular complexity index is 553. The van der Waals surface area contributed by atoms with Crippen LogP contribution in [0.5, 0.6) is 11.5 Å². The first kappa shape index (κ1) is 15.5. The van der Waals surface area contributed by atoms with Gasteiger partial charge >= 0.3 is 0 Å². The Morgan fingerprint density at radius 2 is 1.62 bits per heavy atom. The lowest BCUT2D eigenvalue weighted by Gasteiger charge is -2.26. The highest BCUT2D eigenvalue weighted by atomic mass is 16.5. The van der Waals surface area contributed by atoms with Gasteiger partial charge in [0.05, 0.1) is 18.8 Å². The molecule has 0 amide bonds. The van der Waals surface area contributed by atoms with E-state index in [1.54, 1.807) is 6.92 Å². The molecule has 0 aliphatic rings. The SMILES string of the molecule is CC(CO)(CO)NCc1cccc(Oc2ccccc2)c1. The molecule has 112 valence electrons. The summed E-state index contributed by atoms with van der Waals surface area (Å²) in [6.45, 7) is 2.08. The molecule has 0 bridgehead atoms. The van der Waals surface area contributed by atoms with Gasteiger partial charge < -0.3 is 20.3 Å². The molecule has 2 aromatic rings. The first-order chi connectivity index (χ1) is 10.1. The minimum atomic E-state index is -0.684. The molecule has 0 aliphatic carbocycles. The molecule has 4 heteroatoms. The standard InChI is InChI=1S/C17H21NO3/c1-17(12-19,13-20)18-11-14-6-5-9-16(10-14)21-15-7-3-2-4-8-15/h2-10,18-20H,11-13H2,1H3. The van der Waals surface area contributed by atoms with Crippen molar-refractivity contribution in [2.24, 2.45) is 0 Å². The van der Waals surface area contributed by atoms with E-state index in [1.807, 2.05) is 54.6 Å². The predicted molar refractivity (Wildman–Crippen MR) is 82.4 cm³/mol. The van der Waals surface area contributed by atoms with E-state index in [4.69, 9.17) is 4.74 Å². The van der Waals surface area contributed by atoms with Gasteiger partial charge in [0.2, 0.25) is 0 Å². The van der Waals surface area contributed by atoms with Crippen molar-refractivity contribution >= 4 is 0 Å². The fourth-order valence-corrected chi connectivity index (χ4v) is 1.82. The van der Waals surface area contributed by atoms with Gasteiger partial charge in [0.25, 0.3) is 0 Å². The van der Waals surface area contributed by atoms with E-state index in [2.05, 4.69) is 5.32 Å². The van der Waals surface area contributed by atoms with Crippen molar-refractivity contribution in [3.05, 3.63) is 60.2 Å². The summed E-state index contributed by atoms with van der Waals surface area (Å²) in [7, 11) is 0. The number of ether oxygens (including phenoxy) is 1. The van der Waals surface area contributed by atoms with Crippen LogP contribution in [0.15, 0.2) is 54.6 Å². The molecular formula is C17H21NO3. The van der Waals surface area contributed by atoms with Crippen molar-refractivity contribution in [1.82, 2.24) is 5.32 Å². The lowest BCUT2D eigenvalue weighted by Crippen LogP contribution is -2.48. The summed E-state index contributed by atoms with van der Waals surface area (Å²) in [5, 5.41) is 21.7. The highest BCUT2D eigenvalue weighted by molar-refractivity contribution is 5.33. The second kappa shape index (κ2) is 7.22. The van der Waals surface area contributed by atoms with E-state index in [-0.39, 0.29) is 13.2 Å². The summed E-state index contributed by atoms with van der Waals surface area (Å²) in [6.07, 6.45) is 0. The molecule has 0 aromatic heterocycles. The monoisotopic (exact) mass is 287 g/mol. The Balaban J connectivity index is 2.01. The second-order valence-corrected chi connectivity index (χ2v) is 5.29. The Labute approximate surface area is 125 Å². The summed E-state index contributed by atoms with van der Waals surface area (Å²) < 4.78 is 5.78. The van der Waals surface area contributed by atoms with Crippen LogP contribution in [0.25, 0.3) is 0 Å². The largest absolute Gasteiger partial charge is 0.457 e. The third kappa shape index (κ3) is 4.56. The van der Waals surface area contributed by atoms with Crippen LogP contribution in [0.3, 0.4) is 0 Å². The van der Waals surface area contributed by atoms with Crippen LogP contribution in [-0.2, 0) is 6.54 Å². The molecule has 0 spiro atoms. The quantitative estimate of drug-likeness (QED) is 0.731. The topological polar surface area (TPSA) is 61.7 Å². The maximum atomic E-state index is 9.27. The number of para-hydroxylation sites is 1. The third-order valence-electron chi connectivity index (χ3n) is 3.29. The summed E-state index contributed by atoms with van der Waals surface area (Å²) in [6, 6.07) is 17.3. The molecule has 4 nitrogen and oxygen atoms in total. The minimum Gasteiger partial charge on any atom is -0.457 e. The number of hydrogen-bond donors (Lipinski definition) is 3. The Kier molecular flexibility index (Phi) is 5.33. The minimum absolute atomic E-state index is 0.121. The predicted octanol–water partition coefficient (Wildman–Crippen LogP) is 2.31. The fraction of sp³-hybridized carbons (Fsp3) is 0.294. The van der Waals surface area contributed by atoms with E-state index in [9.17, 15) is 10.2 Å². The first-order valence-corrected chi connectivity index (χ1v) is 6.94. The van der Waals surface area contributed by atoms with Crippen molar-refractivity contribution in [3.63, 3.8) is 0 Å². The van der Waals surface area contributed by atoms with Crippen molar-refractivity contribution in [1.29, 1.82) is 0 Å². The van der Waals surface area contributed by atoms with Gasteiger partial charge in [-0.1, -0.05) is 30.3 Å². The average molecular weight is 287 g/mol. The molecule has 0 atom stereocenters. The zero-order chi connectivity index (χ0) is 15.1. The smallest absolute Gasteiger partial charge is 0.127 e. The molecule has 0 fully saturated rings. The first-order valence-electron chi connectivity index (χ1n) is 6.94. The van der Waals surface area contributed by atoms with Crippen molar-refractivity contribution in [2.45, 2.75) is 19.0 Å². The molecule has 21 heavy (non-hydrogen) atoms. The van der Waals surface area contributed by atoms with Crippen molar-refractivity contribution in [2.75, 3.05) is 13.2 Å². The van der Waals surface area contributed by atoms with E-state index in [1.165, 1.54) is 0 Å². The molecule has 2 rings (SSSR count). The molecule has 3 N–H and O–H groups in total. The van der Waals surface area contributed by atoms with Crippen molar-refractivity contribution in [3.8, 4) is 11.5 Å². The molecular weight excluding hydrogens is 266 g/mol. The normalized spacial score (nSPS) is 11.4. The maximum Gasteiger partial charge on any atom is 0.127 e. The summed E-state index contributed by atoms with van der Waals surface area (Å²) in [5.41, 5.74) is 0.340. The van der Waals surface area contributed by atoms with E-state index in [0.29, 0.717) is 6.54 Å². The highest BCUT2D eigenvalue weighted by Gasteiger charge is 2.21. The van der Waals surface area contributed by atoms with Crippen LogP contribution in [0.2, 0.25) is 0 Å². The van der Waals surface area contributed by atoms with Crippen LogP contribution < -0.4 is 10.1 Å². The molecule has 0 unspecified atom stereocenters. The van der Waals surface area contributed by atoms with Gasteiger partial charge in [-0.15, -0.1) is 0 Å². The summed E-state index contributed by atoms with van der Waals surface area (Å²) in [4.78, 5) is 0. The van der Waals surface area contributed by atoms with Gasteiger partial charge in [0, 0.05) is 6.54 Å². The molecule has 0 saturated carbocycles. The molecule has 0 aliphatic heterocycles. The van der Waals surface area contributed by atoms with Gasteiger partial charge in [-0.25, -0.2) is 0 Å². The number of rotatable bonds is 7. The number of nitrogens with one attached hydrogen (secondary N) is 1. The molecule has 0 heterocycles. The van der Waals surface area contributed by atoms with E-state index < -0.39 is 5.54 Å².